The molecule has 0 aliphatic carbocycles. The molecule has 8 heteroatoms. The molecule has 0 bridgehead atoms. The molecule has 4 amide bonds. The number of ether oxygens (including phenoxy) is 3. The van der Waals surface area contributed by atoms with E-state index in [1.165, 1.54) is 18.9 Å². The van der Waals surface area contributed by atoms with Crippen LogP contribution >= 0.6 is 0 Å². The second-order valence-corrected chi connectivity index (χ2v) is 8.35. The number of benzene rings is 2. The highest BCUT2D eigenvalue weighted by atomic mass is 16.5. The quantitative estimate of drug-likeness (QED) is 0.225. The van der Waals surface area contributed by atoms with Gasteiger partial charge >= 0.3 is 6.03 Å². The number of urea groups is 1. The maximum Gasteiger partial charge on any atom is 0.335 e. The molecule has 1 saturated heterocycles. The molecule has 0 spiro atoms. The minimum atomic E-state index is -0.821. The van der Waals surface area contributed by atoms with Gasteiger partial charge in [-0.15, -0.1) is 0 Å². The van der Waals surface area contributed by atoms with Gasteiger partial charge in [0.2, 0.25) is 0 Å². The van der Waals surface area contributed by atoms with Crippen molar-refractivity contribution in [2.75, 3.05) is 24.7 Å². The van der Waals surface area contributed by atoms with Gasteiger partial charge in [0.05, 0.1) is 25.5 Å². The number of anilines is 1. The van der Waals surface area contributed by atoms with Crippen molar-refractivity contribution in [2.45, 2.75) is 52.9 Å². The van der Waals surface area contributed by atoms with Crippen molar-refractivity contribution in [3.63, 3.8) is 0 Å². The Kier molecular flexibility index (Phi) is 9.92. The maximum atomic E-state index is 13.3. The molecule has 1 fully saturated rings. The number of imide groups is 2. The highest BCUT2D eigenvalue weighted by molar-refractivity contribution is 6.39. The summed E-state index contributed by atoms with van der Waals surface area (Å²) < 4.78 is 17.1. The number of unbranched alkanes of at least 4 members (excludes halogenated alkanes) is 3. The monoisotopic (exact) mass is 494 g/mol. The van der Waals surface area contributed by atoms with Crippen LogP contribution in [0.2, 0.25) is 0 Å². The van der Waals surface area contributed by atoms with Crippen LogP contribution in [0.25, 0.3) is 6.08 Å². The van der Waals surface area contributed by atoms with Gasteiger partial charge in [-0.1, -0.05) is 45.2 Å². The number of hydrogen-bond acceptors (Lipinski definition) is 6. The topological polar surface area (TPSA) is 94.2 Å². The van der Waals surface area contributed by atoms with Crippen molar-refractivity contribution in [3.05, 3.63) is 53.6 Å². The Bertz CT molecular complexity index is 1090. The molecule has 0 atom stereocenters. The van der Waals surface area contributed by atoms with Crippen molar-refractivity contribution in [1.29, 1.82) is 0 Å². The van der Waals surface area contributed by atoms with Crippen molar-refractivity contribution in [3.8, 4) is 17.2 Å². The zero-order valence-corrected chi connectivity index (χ0v) is 21.2. The van der Waals surface area contributed by atoms with Crippen LogP contribution in [0.1, 0.15) is 58.4 Å². The molecule has 0 aromatic heterocycles. The predicted molar refractivity (Wildman–Crippen MR) is 138 cm³/mol. The summed E-state index contributed by atoms with van der Waals surface area (Å²) in [6, 6.07) is 11.1. The average Bonchev–Trinajstić information content (AvgIpc) is 2.87. The molecule has 2 aromatic carbocycles. The Morgan fingerprint density at radius 3 is 2.28 bits per heavy atom. The molecule has 0 unspecified atom stereocenters. The Labute approximate surface area is 212 Å². The standard InChI is InChI=1S/C28H34N2O6/c1-4-7-8-9-17-35-22-13-10-20(11-14-22)18-23-26(31)29-28(33)30(27(23)32)21-12-15-24(36-16-5-2)25(19-21)34-6-3/h10-15,18-19H,4-9,16-17H2,1-3H3,(H,29,31,33)/b23-18+. The highest BCUT2D eigenvalue weighted by Crippen LogP contribution is 2.34. The highest BCUT2D eigenvalue weighted by Gasteiger charge is 2.37. The average molecular weight is 495 g/mol. The van der Waals surface area contributed by atoms with Gasteiger partial charge in [-0.25, -0.2) is 9.69 Å². The number of carbonyl (C=O) groups excluding carboxylic acids is 3. The fourth-order valence-corrected chi connectivity index (χ4v) is 3.67. The molecule has 3 rings (SSSR count). The van der Waals surface area contributed by atoms with Gasteiger partial charge in [0.1, 0.15) is 11.3 Å². The van der Waals surface area contributed by atoms with Crippen LogP contribution in [-0.4, -0.2) is 37.7 Å². The lowest BCUT2D eigenvalue weighted by Gasteiger charge is -2.27. The van der Waals surface area contributed by atoms with E-state index in [4.69, 9.17) is 14.2 Å². The first-order valence-corrected chi connectivity index (χ1v) is 12.5. The maximum absolute atomic E-state index is 13.3. The normalized spacial score (nSPS) is 14.7. The van der Waals surface area contributed by atoms with Crippen LogP contribution in [0, 0.1) is 0 Å². The largest absolute Gasteiger partial charge is 0.494 e. The van der Waals surface area contributed by atoms with Crippen LogP contribution in [0.15, 0.2) is 48.0 Å². The predicted octanol–water partition coefficient (Wildman–Crippen LogP) is 5.50. The lowest BCUT2D eigenvalue weighted by atomic mass is 10.1. The van der Waals surface area contributed by atoms with Crippen molar-refractivity contribution < 1.29 is 28.6 Å². The van der Waals surface area contributed by atoms with E-state index in [0.717, 1.165) is 29.9 Å². The van der Waals surface area contributed by atoms with Gasteiger partial charge in [0, 0.05) is 6.07 Å². The van der Waals surface area contributed by atoms with Crippen molar-refractivity contribution >= 4 is 29.6 Å². The lowest BCUT2D eigenvalue weighted by Crippen LogP contribution is -2.54. The van der Waals surface area contributed by atoms with Crippen molar-refractivity contribution in [2.24, 2.45) is 0 Å². The summed E-state index contributed by atoms with van der Waals surface area (Å²) in [5, 5.41) is 2.25. The smallest absolute Gasteiger partial charge is 0.335 e. The minimum Gasteiger partial charge on any atom is -0.494 e. The molecule has 2 aromatic rings. The van der Waals surface area contributed by atoms with Gasteiger partial charge < -0.3 is 14.2 Å². The first-order valence-electron chi connectivity index (χ1n) is 12.5. The van der Waals surface area contributed by atoms with Crippen LogP contribution in [0.4, 0.5) is 10.5 Å². The summed E-state index contributed by atoms with van der Waals surface area (Å²) in [6.07, 6.45) is 6.77. The van der Waals surface area contributed by atoms with E-state index >= 15 is 0 Å². The van der Waals surface area contributed by atoms with Gasteiger partial charge in [-0.2, -0.15) is 0 Å². The molecule has 1 N–H and O–H groups in total. The molecule has 0 saturated carbocycles. The summed E-state index contributed by atoms with van der Waals surface area (Å²) in [7, 11) is 0. The molecule has 1 aliphatic heterocycles. The van der Waals surface area contributed by atoms with E-state index in [0.29, 0.717) is 36.9 Å². The van der Waals surface area contributed by atoms with E-state index in [2.05, 4.69) is 12.2 Å². The molecule has 36 heavy (non-hydrogen) atoms. The zero-order valence-electron chi connectivity index (χ0n) is 21.2. The molecular formula is C28H34N2O6. The van der Waals surface area contributed by atoms with Gasteiger partial charge in [0.25, 0.3) is 11.8 Å². The van der Waals surface area contributed by atoms with E-state index in [1.807, 2.05) is 13.8 Å². The van der Waals surface area contributed by atoms with Gasteiger partial charge in [0.15, 0.2) is 11.5 Å². The van der Waals surface area contributed by atoms with Crippen LogP contribution in [0.3, 0.4) is 0 Å². The van der Waals surface area contributed by atoms with E-state index in [1.54, 1.807) is 42.5 Å². The van der Waals surface area contributed by atoms with Crippen LogP contribution < -0.4 is 24.4 Å². The molecule has 0 radical (unpaired) electrons. The number of nitrogens with zero attached hydrogens (tertiary/aromatic N) is 1. The summed E-state index contributed by atoms with van der Waals surface area (Å²) in [6.45, 7) is 7.52. The first kappa shape index (κ1) is 26.8. The van der Waals surface area contributed by atoms with E-state index in [-0.39, 0.29) is 11.3 Å². The fraction of sp³-hybridized carbons (Fsp3) is 0.393. The third-order valence-electron chi connectivity index (χ3n) is 5.51. The number of nitrogens with one attached hydrogen (secondary N) is 1. The van der Waals surface area contributed by atoms with E-state index in [9.17, 15) is 14.4 Å². The van der Waals surface area contributed by atoms with Crippen LogP contribution in [0.5, 0.6) is 17.2 Å². The number of amides is 4. The molecule has 1 aliphatic rings. The third-order valence-corrected chi connectivity index (χ3v) is 5.51. The summed E-state index contributed by atoms with van der Waals surface area (Å²) in [5.74, 6) is 0.192. The Morgan fingerprint density at radius 1 is 0.806 bits per heavy atom. The van der Waals surface area contributed by atoms with Crippen molar-refractivity contribution in [1.82, 2.24) is 5.32 Å². The van der Waals surface area contributed by atoms with Gasteiger partial charge in [-0.05, 0) is 55.7 Å². The summed E-state index contributed by atoms with van der Waals surface area (Å²) >= 11 is 0. The SMILES string of the molecule is CCCCCCOc1ccc(/C=C2\C(=O)NC(=O)N(c3ccc(OCCC)c(OCC)c3)C2=O)cc1. The minimum absolute atomic E-state index is 0.146. The number of rotatable bonds is 13. The second kappa shape index (κ2) is 13.3. The Morgan fingerprint density at radius 2 is 1.58 bits per heavy atom. The van der Waals surface area contributed by atoms with Crippen LogP contribution in [-0.2, 0) is 9.59 Å². The second-order valence-electron chi connectivity index (χ2n) is 8.35. The zero-order chi connectivity index (χ0) is 25.9. The summed E-state index contributed by atoms with van der Waals surface area (Å²) in [4.78, 5) is 39.3. The van der Waals surface area contributed by atoms with Gasteiger partial charge in [-0.3, -0.25) is 14.9 Å². The molecule has 1 heterocycles. The lowest BCUT2D eigenvalue weighted by molar-refractivity contribution is -0.122. The molecule has 8 nitrogen and oxygen atoms in total. The third kappa shape index (κ3) is 6.87. The number of hydrogen-bond donors (Lipinski definition) is 1. The number of barbiturate groups is 1. The first-order chi connectivity index (χ1) is 17.5. The molecule has 192 valence electrons. The summed E-state index contributed by atoms with van der Waals surface area (Å²) in [5.41, 5.74) is 0.765. The fourth-order valence-electron chi connectivity index (χ4n) is 3.67. The van der Waals surface area contributed by atoms with E-state index < -0.39 is 17.8 Å². The Hall–Kier alpha value is -3.81. The molecular weight excluding hydrogens is 460 g/mol. The Balaban J connectivity index is 1.79. The number of carbonyl (C=O) groups is 3.